The molecule has 0 unspecified atom stereocenters. The molecule has 3 heteroatoms. The Kier molecular flexibility index (Phi) is 4.34. The van der Waals surface area contributed by atoms with Crippen molar-refractivity contribution in [3.05, 3.63) is 0 Å². The van der Waals surface area contributed by atoms with Crippen molar-refractivity contribution in [2.75, 3.05) is 26.2 Å². The Hall–Kier alpha value is -1.01. The van der Waals surface area contributed by atoms with E-state index in [0.717, 1.165) is 19.6 Å². The van der Waals surface area contributed by atoms with Crippen molar-refractivity contribution < 1.29 is 9.53 Å². The van der Waals surface area contributed by atoms with Crippen LogP contribution in [-0.2, 0) is 9.53 Å². The van der Waals surface area contributed by atoms with E-state index < -0.39 is 0 Å². The fourth-order valence-corrected chi connectivity index (χ4v) is 1.30. The van der Waals surface area contributed by atoms with Crippen LogP contribution in [-0.4, -0.2) is 37.1 Å². The van der Waals surface area contributed by atoms with Crippen molar-refractivity contribution in [3.8, 4) is 11.8 Å². The number of rotatable bonds is 2. The second-order valence-electron chi connectivity index (χ2n) is 3.12. The molecule has 1 rings (SSSR count). The van der Waals surface area contributed by atoms with E-state index in [9.17, 15) is 4.79 Å². The Bertz CT molecular complexity index is 221. The molecular weight excluding hydrogens is 166 g/mol. The van der Waals surface area contributed by atoms with Crippen LogP contribution >= 0.6 is 0 Å². The first-order valence-electron chi connectivity index (χ1n) is 4.60. The van der Waals surface area contributed by atoms with E-state index >= 15 is 0 Å². The molecule has 1 fully saturated rings. The molecule has 1 heterocycles. The van der Waals surface area contributed by atoms with Crippen LogP contribution in [0, 0.1) is 11.8 Å². The second-order valence-corrected chi connectivity index (χ2v) is 3.12. The first-order chi connectivity index (χ1) is 6.29. The Morgan fingerprint density at radius 1 is 1.38 bits per heavy atom. The lowest BCUT2D eigenvalue weighted by atomic mass is 10.4. The normalized spacial score (nSPS) is 16.4. The summed E-state index contributed by atoms with van der Waals surface area (Å²) in [4.78, 5) is 12.7. The fraction of sp³-hybridized carbons (Fsp3) is 0.700. The molecule has 0 N–H and O–H groups in total. The molecule has 1 aliphatic heterocycles. The first-order valence-corrected chi connectivity index (χ1v) is 4.60. The maximum atomic E-state index is 10.4. The molecule has 0 amide bonds. The van der Waals surface area contributed by atoms with Gasteiger partial charge in [-0.3, -0.25) is 9.69 Å². The Morgan fingerprint density at radius 2 is 2.08 bits per heavy atom. The summed E-state index contributed by atoms with van der Waals surface area (Å²) in [6.45, 7) is 4.73. The summed E-state index contributed by atoms with van der Waals surface area (Å²) >= 11 is 0. The summed E-state index contributed by atoms with van der Waals surface area (Å²) in [5.41, 5.74) is 0. The SMILES string of the molecule is CC(=O)OCC#CCN1CCCC1. The van der Waals surface area contributed by atoms with Gasteiger partial charge < -0.3 is 4.74 Å². The molecule has 0 aromatic carbocycles. The van der Waals surface area contributed by atoms with Gasteiger partial charge in [0.05, 0.1) is 6.54 Å². The van der Waals surface area contributed by atoms with Crippen LogP contribution in [0.1, 0.15) is 19.8 Å². The zero-order chi connectivity index (χ0) is 9.52. The lowest BCUT2D eigenvalue weighted by Crippen LogP contribution is -2.19. The zero-order valence-electron chi connectivity index (χ0n) is 8.01. The molecule has 13 heavy (non-hydrogen) atoms. The topological polar surface area (TPSA) is 29.5 Å². The number of hydrogen-bond acceptors (Lipinski definition) is 3. The van der Waals surface area contributed by atoms with Gasteiger partial charge in [0.25, 0.3) is 0 Å². The summed E-state index contributed by atoms with van der Waals surface area (Å²) in [5, 5.41) is 0. The summed E-state index contributed by atoms with van der Waals surface area (Å²) in [7, 11) is 0. The van der Waals surface area contributed by atoms with E-state index in [-0.39, 0.29) is 12.6 Å². The minimum atomic E-state index is -0.268. The van der Waals surface area contributed by atoms with Crippen molar-refractivity contribution in [1.29, 1.82) is 0 Å². The highest BCUT2D eigenvalue weighted by atomic mass is 16.5. The Balaban J connectivity index is 2.05. The second kappa shape index (κ2) is 5.60. The number of ether oxygens (including phenoxy) is 1. The van der Waals surface area contributed by atoms with Crippen LogP contribution in [0.15, 0.2) is 0 Å². The van der Waals surface area contributed by atoms with Gasteiger partial charge in [-0.2, -0.15) is 0 Å². The molecule has 0 aromatic rings. The van der Waals surface area contributed by atoms with Crippen molar-refractivity contribution in [2.24, 2.45) is 0 Å². The minimum absolute atomic E-state index is 0.225. The van der Waals surface area contributed by atoms with Gasteiger partial charge in [-0.05, 0) is 25.9 Å². The lowest BCUT2D eigenvalue weighted by Gasteiger charge is -2.08. The van der Waals surface area contributed by atoms with Gasteiger partial charge in [0.15, 0.2) is 6.61 Å². The van der Waals surface area contributed by atoms with Crippen molar-refractivity contribution in [2.45, 2.75) is 19.8 Å². The van der Waals surface area contributed by atoms with E-state index in [1.165, 1.54) is 19.8 Å². The highest BCUT2D eigenvalue weighted by molar-refractivity contribution is 5.66. The van der Waals surface area contributed by atoms with Crippen LogP contribution in [0.2, 0.25) is 0 Å². The molecule has 0 aromatic heterocycles. The maximum Gasteiger partial charge on any atom is 0.303 e. The molecule has 0 atom stereocenters. The van der Waals surface area contributed by atoms with Crippen molar-refractivity contribution >= 4 is 5.97 Å². The summed E-state index contributed by atoms with van der Waals surface area (Å²) in [6.07, 6.45) is 2.57. The van der Waals surface area contributed by atoms with Crippen molar-refractivity contribution in [1.82, 2.24) is 4.90 Å². The van der Waals surface area contributed by atoms with Crippen LogP contribution in [0.3, 0.4) is 0 Å². The predicted octanol–water partition coefficient (Wildman–Crippen LogP) is 0.649. The third-order valence-corrected chi connectivity index (χ3v) is 1.97. The highest BCUT2D eigenvalue weighted by Crippen LogP contribution is 2.05. The van der Waals surface area contributed by atoms with Gasteiger partial charge in [0, 0.05) is 6.92 Å². The Labute approximate surface area is 79.1 Å². The molecule has 3 nitrogen and oxygen atoms in total. The van der Waals surface area contributed by atoms with Gasteiger partial charge in [0.1, 0.15) is 0 Å². The van der Waals surface area contributed by atoms with E-state index in [4.69, 9.17) is 0 Å². The third-order valence-electron chi connectivity index (χ3n) is 1.97. The van der Waals surface area contributed by atoms with Gasteiger partial charge in [0.2, 0.25) is 0 Å². The molecule has 0 saturated carbocycles. The Morgan fingerprint density at radius 3 is 2.69 bits per heavy atom. The summed E-state index contributed by atoms with van der Waals surface area (Å²) in [5.74, 6) is 5.52. The fourth-order valence-electron chi connectivity index (χ4n) is 1.30. The number of carbonyl (C=O) groups is 1. The van der Waals surface area contributed by atoms with Crippen LogP contribution in [0.5, 0.6) is 0 Å². The molecule has 0 radical (unpaired) electrons. The standard InChI is InChI=1S/C10H15NO2/c1-10(12)13-9-5-4-8-11-6-2-3-7-11/h2-3,6-9H2,1H3. The molecule has 1 saturated heterocycles. The van der Waals surface area contributed by atoms with Crippen LogP contribution in [0.25, 0.3) is 0 Å². The molecule has 1 aliphatic rings. The maximum absolute atomic E-state index is 10.4. The van der Waals surface area contributed by atoms with Gasteiger partial charge in [-0.15, -0.1) is 0 Å². The average Bonchev–Trinajstić information content (AvgIpc) is 2.55. The quantitative estimate of drug-likeness (QED) is 0.462. The lowest BCUT2D eigenvalue weighted by molar-refractivity contribution is -0.139. The third kappa shape index (κ3) is 4.54. The molecule has 0 spiro atoms. The number of hydrogen-bond donors (Lipinski definition) is 0. The van der Waals surface area contributed by atoms with Gasteiger partial charge in [-0.1, -0.05) is 11.8 Å². The van der Waals surface area contributed by atoms with Gasteiger partial charge in [-0.25, -0.2) is 0 Å². The smallest absolute Gasteiger partial charge is 0.303 e. The average molecular weight is 181 g/mol. The molecule has 0 bridgehead atoms. The molecular formula is C10H15NO2. The highest BCUT2D eigenvalue weighted by Gasteiger charge is 2.08. The summed E-state index contributed by atoms with van der Waals surface area (Å²) in [6, 6.07) is 0. The molecule has 0 aliphatic carbocycles. The van der Waals surface area contributed by atoms with Gasteiger partial charge >= 0.3 is 5.97 Å². The summed E-state index contributed by atoms with van der Waals surface area (Å²) < 4.78 is 4.68. The zero-order valence-corrected chi connectivity index (χ0v) is 8.01. The first kappa shape index (κ1) is 10.1. The van der Waals surface area contributed by atoms with E-state index in [1.54, 1.807) is 0 Å². The number of nitrogens with zero attached hydrogens (tertiary/aromatic N) is 1. The van der Waals surface area contributed by atoms with Crippen LogP contribution in [0.4, 0.5) is 0 Å². The van der Waals surface area contributed by atoms with E-state index in [1.807, 2.05) is 0 Å². The predicted molar refractivity (Wildman–Crippen MR) is 50.1 cm³/mol. The number of carbonyl (C=O) groups excluding carboxylic acids is 1. The van der Waals surface area contributed by atoms with Crippen LogP contribution < -0.4 is 0 Å². The minimum Gasteiger partial charge on any atom is -0.453 e. The number of esters is 1. The monoisotopic (exact) mass is 181 g/mol. The van der Waals surface area contributed by atoms with Crippen molar-refractivity contribution in [3.63, 3.8) is 0 Å². The number of likely N-dealkylation sites (tertiary alicyclic amines) is 1. The largest absolute Gasteiger partial charge is 0.453 e. The molecule has 72 valence electrons. The van der Waals surface area contributed by atoms with E-state index in [0.29, 0.717) is 0 Å². The van der Waals surface area contributed by atoms with E-state index in [2.05, 4.69) is 21.5 Å².